The maximum absolute atomic E-state index is 13.6. The van der Waals surface area contributed by atoms with Gasteiger partial charge in [-0.2, -0.15) is 0 Å². The molecule has 0 aliphatic rings. The molecule has 0 aliphatic heterocycles. The molecule has 0 radical (unpaired) electrons. The van der Waals surface area contributed by atoms with Crippen molar-refractivity contribution in [1.29, 1.82) is 0 Å². The number of hydrogen-bond acceptors (Lipinski definition) is 5. The monoisotopic (exact) mass is 538 g/mol. The zero-order chi connectivity index (χ0) is 28.7. The number of ketones is 3. The molecule has 6 nitrogen and oxygen atoms in total. The summed E-state index contributed by atoms with van der Waals surface area (Å²) in [7, 11) is 0. The third-order valence-electron chi connectivity index (χ3n) is 7.66. The fourth-order valence-electron chi connectivity index (χ4n) is 5.59. The number of aromatic nitrogens is 1. The molecule has 0 bridgehead atoms. The van der Waals surface area contributed by atoms with Crippen molar-refractivity contribution in [2.75, 3.05) is 0 Å². The van der Waals surface area contributed by atoms with Gasteiger partial charge in [0.15, 0.2) is 11.5 Å². The Bertz CT molecular complexity index is 2060. The highest BCUT2D eigenvalue weighted by atomic mass is 16.4. The maximum Gasteiger partial charge on any atom is 0.219 e. The summed E-state index contributed by atoms with van der Waals surface area (Å²) in [6, 6.07) is 30.8. The minimum atomic E-state index is -0.683. The largest absolute Gasteiger partial charge is 0.410 e. The van der Waals surface area contributed by atoms with E-state index >= 15 is 0 Å². The minimum Gasteiger partial charge on any atom is -0.410 e. The van der Waals surface area contributed by atoms with Crippen molar-refractivity contribution in [3.05, 3.63) is 131 Å². The van der Waals surface area contributed by atoms with E-state index in [1.807, 2.05) is 86.6 Å². The molecule has 0 atom stereocenters. The van der Waals surface area contributed by atoms with Crippen molar-refractivity contribution in [2.24, 2.45) is 5.16 Å². The number of benzene rings is 5. The molecule has 0 spiro atoms. The van der Waals surface area contributed by atoms with Crippen LogP contribution in [0.3, 0.4) is 0 Å². The number of fused-ring (bicyclic) bond motifs is 4. The summed E-state index contributed by atoms with van der Waals surface area (Å²) in [5, 5.41) is 16.1. The average molecular weight is 539 g/mol. The van der Waals surface area contributed by atoms with E-state index in [0.29, 0.717) is 23.1 Å². The number of oxime groups is 1. The lowest BCUT2D eigenvalue weighted by atomic mass is 9.94. The zero-order valence-electron chi connectivity index (χ0n) is 22.6. The van der Waals surface area contributed by atoms with Gasteiger partial charge in [0.25, 0.3) is 0 Å². The summed E-state index contributed by atoms with van der Waals surface area (Å²) in [6.07, 6.45) is 0. The summed E-state index contributed by atoms with van der Waals surface area (Å²) < 4.78 is 2.11. The Morgan fingerprint density at radius 1 is 0.683 bits per heavy atom. The van der Waals surface area contributed by atoms with Gasteiger partial charge in [-0.1, -0.05) is 71.9 Å². The van der Waals surface area contributed by atoms with Crippen LogP contribution in [0.2, 0.25) is 0 Å². The lowest BCUT2D eigenvalue weighted by Gasteiger charge is -2.08. The van der Waals surface area contributed by atoms with E-state index < -0.39 is 17.3 Å². The van der Waals surface area contributed by atoms with E-state index in [-0.39, 0.29) is 16.9 Å². The van der Waals surface area contributed by atoms with Gasteiger partial charge < -0.3 is 9.77 Å². The summed E-state index contributed by atoms with van der Waals surface area (Å²) in [5.41, 5.74) is 3.83. The fraction of sp³-hybridized carbons (Fsp3) is 0.0857. The van der Waals surface area contributed by atoms with Gasteiger partial charge in [0.05, 0.1) is 0 Å². The molecule has 6 rings (SSSR count). The van der Waals surface area contributed by atoms with Crippen LogP contribution in [-0.2, 0) is 6.54 Å². The van der Waals surface area contributed by atoms with Gasteiger partial charge in [-0.05, 0) is 66.6 Å². The molecule has 200 valence electrons. The second kappa shape index (κ2) is 10.3. The van der Waals surface area contributed by atoms with Crippen molar-refractivity contribution >= 4 is 55.6 Å². The molecule has 1 heterocycles. The highest BCUT2D eigenvalue weighted by Crippen LogP contribution is 2.32. The van der Waals surface area contributed by atoms with Gasteiger partial charge in [0, 0.05) is 50.6 Å². The van der Waals surface area contributed by atoms with Crippen LogP contribution in [0.4, 0.5) is 0 Å². The first-order chi connectivity index (χ1) is 19.9. The van der Waals surface area contributed by atoms with Crippen LogP contribution in [0.25, 0.3) is 32.6 Å². The number of carbonyl (C=O) groups excluding carboxylic acids is 3. The molecule has 0 aliphatic carbocycles. The van der Waals surface area contributed by atoms with Crippen LogP contribution in [0.1, 0.15) is 49.1 Å². The van der Waals surface area contributed by atoms with E-state index in [2.05, 4.69) is 9.72 Å². The first-order valence-electron chi connectivity index (χ1n) is 13.4. The average Bonchev–Trinajstić information content (AvgIpc) is 3.33. The number of aryl methyl sites for hydroxylation is 2. The van der Waals surface area contributed by atoms with Crippen LogP contribution in [0.15, 0.2) is 108 Å². The topological polar surface area (TPSA) is 88.7 Å². The molecule has 1 aromatic heterocycles. The minimum absolute atomic E-state index is 0.0787. The fourth-order valence-corrected chi connectivity index (χ4v) is 5.59. The second-order valence-corrected chi connectivity index (χ2v) is 9.99. The molecule has 5 aromatic carbocycles. The van der Waals surface area contributed by atoms with Crippen molar-refractivity contribution in [1.82, 2.24) is 4.57 Å². The van der Waals surface area contributed by atoms with Gasteiger partial charge >= 0.3 is 0 Å². The SMILES string of the molecule is CCn1c2ccc(C(=O)C(=NO)C(=O)c3cccc4ccccc34)cc2c2cc(C(=O)c3ccccc3C)ccc21. The van der Waals surface area contributed by atoms with Gasteiger partial charge in [-0.3, -0.25) is 14.4 Å². The molecule has 41 heavy (non-hydrogen) atoms. The van der Waals surface area contributed by atoms with Gasteiger partial charge in [0.1, 0.15) is 0 Å². The van der Waals surface area contributed by atoms with E-state index in [4.69, 9.17) is 0 Å². The lowest BCUT2D eigenvalue weighted by molar-refractivity contribution is 0.101. The Labute approximate surface area is 236 Å². The van der Waals surface area contributed by atoms with Crippen LogP contribution in [0, 0.1) is 6.92 Å². The quantitative estimate of drug-likeness (QED) is 0.0754. The van der Waals surface area contributed by atoms with Crippen molar-refractivity contribution in [2.45, 2.75) is 20.4 Å². The van der Waals surface area contributed by atoms with Crippen LogP contribution in [-0.4, -0.2) is 32.8 Å². The first kappa shape index (κ1) is 25.9. The van der Waals surface area contributed by atoms with E-state index in [0.717, 1.165) is 32.8 Å². The Morgan fingerprint density at radius 3 is 2.00 bits per heavy atom. The van der Waals surface area contributed by atoms with Crippen LogP contribution < -0.4 is 0 Å². The van der Waals surface area contributed by atoms with Crippen molar-refractivity contribution in [3.63, 3.8) is 0 Å². The van der Waals surface area contributed by atoms with Gasteiger partial charge in [0.2, 0.25) is 11.6 Å². The summed E-state index contributed by atoms with van der Waals surface area (Å²) in [6.45, 7) is 4.62. The number of rotatable bonds is 7. The lowest BCUT2D eigenvalue weighted by Crippen LogP contribution is -2.25. The molecule has 0 saturated heterocycles. The normalized spacial score (nSPS) is 11.8. The molecule has 6 aromatic rings. The number of nitrogens with zero attached hydrogens (tertiary/aromatic N) is 2. The van der Waals surface area contributed by atoms with Gasteiger partial charge in [-0.25, -0.2) is 0 Å². The standard InChI is InChI=1S/C35H26N2O4/c1-3-37-30-17-15-23(33(38)25-12-6-4-9-21(25)2)19-28(30)29-20-24(16-18-31(29)37)34(39)32(36-41)35(40)27-14-8-11-22-10-5-7-13-26(22)27/h4-20,41H,3H2,1-2H3. The van der Waals surface area contributed by atoms with Crippen molar-refractivity contribution in [3.8, 4) is 0 Å². The highest BCUT2D eigenvalue weighted by Gasteiger charge is 2.26. The molecule has 6 heteroatoms. The molecule has 1 N–H and O–H groups in total. The van der Waals surface area contributed by atoms with E-state index in [9.17, 15) is 19.6 Å². The van der Waals surface area contributed by atoms with E-state index in [1.165, 1.54) is 0 Å². The van der Waals surface area contributed by atoms with E-state index in [1.54, 1.807) is 30.3 Å². The molecular weight excluding hydrogens is 512 g/mol. The first-order valence-corrected chi connectivity index (χ1v) is 13.4. The van der Waals surface area contributed by atoms with Gasteiger partial charge in [-0.15, -0.1) is 0 Å². The number of carbonyl (C=O) groups is 3. The zero-order valence-corrected chi connectivity index (χ0v) is 22.6. The molecule has 0 unspecified atom stereocenters. The second-order valence-electron chi connectivity index (χ2n) is 9.99. The Kier molecular flexibility index (Phi) is 6.52. The maximum atomic E-state index is 13.6. The summed E-state index contributed by atoms with van der Waals surface area (Å²) in [4.78, 5) is 40.5. The third-order valence-corrected chi connectivity index (χ3v) is 7.66. The van der Waals surface area contributed by atoms with Crippen molar-refractivity contribution < 1.29 is 19.6 Å². The highest BCUT2D eigenvalue weighted by molar-refractivity contribution is 6.72. The number of Topliss-reactive ketones (excluding diaryl/α,β-unsaturated/α-hetero) is 2. The predicted molar refractivity (Wildman–Crippen MR) is 162 cm³/mol. The Balaban J connectivity index is 1.45. The van der Waals surface area contributed by atoms with Crippen LogP contribution in [0.5, 0.6) is 0 Å². The smallest absolute Gasteiger partial charge is 0.219 e. The van der Waals surface area contributed by atoms with Crippen LogP contribution >= 0.6 is 0 Å². The molecule has 0 amide bonds. The Morgan fingerprint density at radius 2 is 1.29 bits per heavy atom. The predicted octanol–water partition coefficient (Wildman–Crippen LogP) is 7.40. The third kappa shape index (κ3) is 4.30. The Hall–Kier alpha value is -5.36. The number of hydrogen-bond donors (Lipinski definition) is 1. The molecule has 0 fully saturated rings. The summed E-state index contributed by atoms with van der Waals surface area (Å²) in [5.74, 6) is -1.42. The molecule has 0 saturated carbocycles. The molecular formula is C35H26N2O4. The summed E-state index contributed by atoms with van der Waals surface area (Å²) >= 11 is 0.